The number of aromatic amines is 2. The maximum absolute atomic E-state index is 10.3. The summed E-state index contributed by atoms with van der Waals surface area (Å²) >= 11 is 4.62. The summed E-state index contributed by atoms with van der Waals surface area (Å²) in [7, 11) is 0. The van der Waals surface area contributed by atoms with E-state index in [4.69, 9.17) is 9.84 Å². The molecule has 7 heteroatoms. The third kappa shape index (κ3) is 4.92. The van der Waals surface area contributed by atoms with Crippen LogP contribution in [0.15, 0.2) is 17.1 Å². The molecule has 1 aliphatic heterocycles. The van der Waals surface area contributed by atoms with Crippen LogP contribution in [0, 0.1) is 4.64 Å². The summed E-state index contributed by atoms with van der Waals surface area (Å²) in [6, 6.07) is 1.61. The first-order valence-corrected chi connectivity index (χ1v) is 5.61. The minimum absolute atomic E-state index is 0.00694. The standard InChI is InChI=1S/C6H10O3.C4H4N2OS/c1-2-3-4-5(9-4)6(7)8;7-4-5-2-1-3(8)6-4/h4-5H,2-3H2,1H3,(H,7,8);1-2H,(H2,5,6,7,8). The third-order valence-electron chi connectivity index (χ3n) is 2.08. The van der Waals surface area contributed by atoms with Crippen molar-refractivity contribution < 1.29 is 14.6 Å². The van der Waals surface area contributed by atoms with Gasteiger partial charge in [0, 0.05) is 6.20 Å². The average molecular weight is 258 g/mol. The van der Waals surface area contributed by atoms with E-state index in [0.29, 0.717) is 4.64 Å². The van der Waals surface area contributed by atoms with Crippen LogP contribution in [0.3, 0.4) is 0 Å². The number of ether oxygens (including phenoxy) is 1. The molecule has 0 bridgehead atoms. The smallest absolute Gasteiger partial charge is 0.335 e. The second-order valence-electron chi connectivity index (χ2n) is 3.52. The highest BCUT2D eigenvalue weighted by molar-refractivity contribution is 7.71. The number of carboxylic acids is 1. The molecule has 6 nitrogen and oxygen atoms in total. The van der Waals surface area contributed by atoms with Crippen LogP contribution in [0.5, 0.6) is 0 Å². The first kappa shape index (κ1) is 13.6. The van der Waals surface area contributed by atoms with Crippen LogP contribution < -0.4 is 5.69 Å². The van der Waals surface area contributed by atoms with Crippen molar-refractivity contribution in [2.75, 3.05) is 0 Å². The molecule has 2 atom stereocenters. The average Bonchev–Trinajstić information content (AvgIpc) is 2.98. The molecule has 3 N–H and O–H groups in total. The van der Waals surface area contributed by atoms with Gasteiger partial charge in [0.25, 0.3) is 0 Å². The number of carboxylic acid groups (broad SMARTS) is 1. The van der Waals surface area contributed by atoms with Crippen LogP contribution in [0.1, 0.15) is 19.8 Å². The molecule has 0 amide bonds. The fourth-order valence-corrected chi connectivity index (χ4v) is 1.41. The Morgan fingerprint density at radius 3 is 2.71 bits per heavy atom. The third-order valence-corrected chi connectivity index (χ3v) is 2.32. The van der Waals surface area contributed by atoms with Crippen molar-refractivity contribution in [2.24, 2.45) is 0 Å². The number of nitrogens with one attached hydrogen (secondary N) is 2. The lowest BCUT2D eigenvalue weighted by molar-refractivity contribution is -0.138. The molecule has 1 aliphatic rings. The first-order valence-electron chi connectivity index (χ1n) is 5.21. The Labute approximate surface area is 103 Å². The van der Waals surface area contributed by atoms with Gasteiger partial charge in [0.05, 0.1) is 6.10 Å². The lowest BCUT2D eigenvalue weighted by Crippen LogP contribution is -2.07. The number of aromatic nitrogens is 2. The molecule has 0 aliphatic carbocycles. The van der Waals surface area contributed by atoms with E-state index in [0.717, 1.165) is 12.8 Å². The molecule has 1 aromatic rings. The Bertz CT molecular complexity index is 456. The van der Waals surface area contributed by atoms with Crippen LogP contribution in [-0.2, 0) is 9.53 Å². The van der Waals surface area contributed by atoms with Gasteiger partial charge in [-0.3, -0.25) is 4.98 Å². The van der Waals surface area contributed by atoms with E-state index in [9.17, 15) is 9.59 Å². The minimum Gasteiger partial charge on any atom is -0.479 e. The Balaban J connectivity index is 0.000000171. The van der Waals surface area contributed by atoms with E-state index < -0.39 is 12.1 Å². The van der Waals surface area contributed by atoms with Gasteiger partial charge >= 0.3 is 11.7 Å². The van der Waals surface area contributed by atoms with Gasteiger partial charge in [-0.25, -0.2) is 9.59 Å². The van der Waals surface area contributed by atoms with Gasteiger partial charge < -0.3 is 14.8 Å². The number of H-pyrrole nitrogens is 2. The van der Waals surface area contributed by atoms with Crippen LogP contribution >= 0.6 is 12.2 Å². The molecule has 1 fully saturated rings. The Morgan fingerprint density at radius 2 is 2.35 bits per heavy atom. The normalized spacial score (nSPS) is 21.2. The second-order valence-corrected chi connectivity index (χ2v) is 3.96. The van der Waals surface area contributed by atoms with Gasteiger partial charge in [0.1, 0.15) is 4.64 Å². The fraction of sp³-hybridized carbons (Fsp3) is 0.500. The second kappa shape index (κ2) is 6.31. The molecule has 0 radical (unpaired) electrons. The largest absolute Gasteiger partial charge is 0.479 e. The van der Waals surface area contributed by atoms with E-state index in [1.165, 1.54) is 6.20 Å². The molecule has 0 aromatic carbocycles. The van der Waals surface area contributed by atoms with Crippen molar-refractivity contribution in [2.45, 2.75) is 32.0 Å². The Morgan fingerprint density at radius 1 is 1.65 bits per heavy atom. The quantitative estimate of drug-likeness (QED) is 0.556. The van der Waals surface area contributed by atoms with Gasteiger partial charge in [-0.2, -0.15) is 0 Å². The highest BCUT2D eigenvalue weighted by atomic mass is 32.1. The number of epoxide rings is 1. The van der Waals surface area contributed by atoms with Crippen molar-refractivity contribution in [1.82, 2.24) is 9.97 Å². The molecule has 17 heavy (non-hydrogen) atoms. The SMILES string of the molecule is CCCC1OC1C(=O)O.O=c1[nH]ccc(=S)[nH]1. The number of rotatable bonds is 3. The lowest BCUT2D eigenvalue weighted by Gasteiger charge is -1.83. The van der Waals surface area contributed by atoms with Crippen LogP contribution in [0.25, 0.3) is 0 Å². The summed E-state index contributed by atoms with van der Waals surface area (Å²) in [6.07, 6.45) is 2.88. The molecular formula is C10H14N2O4S. The monoisotopic (exact) mass is 258 g/mol. The van der Waals surface area contributed by atoms with E-state index >= 15 is 0 Å². The topological polar surface area (TPSA) is 98.5 Å². The summed E-state index contributed by atoms with van der Waals surface area (Å²) < 4.78 is 5.27. The number of hydrogen-bond donors (Lipinski definition) is 3. The zero-order valence-electron chi connectivity index (χ0n) is 9.30. The van der Waals surface area contributed by atoms with Crippen LogP contribution in [0.2, 0.25) is 0 Å². The zero-order valence-corrected chi connectivity index (χ0v) is 10.1. The van der Waals surface area contributed by atoms with Gasteiger partial charge in [-0.15, -0.1) is 0 Å². The summed E-state index contributed by atoms with van der Waals surface area (Å²) in [5.74, 6) is -0.826. The predicted octanol–water partition coefficient (Wildman–Crippen LogP) is 1.07. The van der Waals surface area contributed by atoms with Crippen molar-refractivity contribution in [1.29, 1.82) is 0 Å². The Kier molecular flexibility index (Phi) is 5.05. The molecule has 0 saturated carbocycles. The van der Waals surface area contributed by atoms with Crippen molar-refractivity contribution >= 4 is 18.2 Å². The number of aliphatic carboxylic acids is 1. The summed E-state index contributed by atoms with van der Waals surface area (Å²) in [5, 5.41) is 8.33. The maximum atomic E-state index is 10.3. The van der Waals surface area contributed by atoms with Gasteiger partial charge in [0.2, 0.25) is 0 Å². The van der Waals surface area contributed by atoms with E-state index in [1.54, 1.807) is 6.07 Å². The van der Waals surface area contributed by atoms with E-state index in [1.807, 2.05) is 6.92 Å². The molecule has 2 unspecified atom stereocenters. The molecule has 0 spiro atoms. The summed E-state index contributed by atoms with van der Waals surface area (Å²) in [5.41, 5.74) is -0.266. The lowest BCUT2D eigenvalue weighted by atomic mass is 10.2. The van der Waals surface area contributed by atoms with E-state index in [2.05, 4.69) is 22.2 Å². The molecule has 1 saturated heterocycles. The maximum Gasteiger partial charge on any atom is 0.335 e. The molecule has 2 rings (SSSR count). The van der Waals surface area contributed by atoms with E-state index in [-0.39, 0.29) is 11.8 Å². The molecule has 1 aromatic heterocycles. The molecule has 2 heterocycles. The first-order chi connectivity index (χ1) is 8.04. The highest BCUT2D eigenvalue weighted by Gasteiger charge is 2.43. The summed E-state index contributed by atoms with van der Waals surface area (Å²) in [4.78, 5) is 25.2. The predicted molar refractivity (Wildman–Crippen MR) is 63.5 cm³/mol. The van der Waals surface area contributed by atoms with Crippen molar-refractivity contribution in [3.05, 3.63) is 27.4 Å². The van der Waals surface area contributed by atoms with Gasteiger partial charge in [-0.1, -0.05) is 25.6 Å². The van der Waals surface area contributed by atoms with Crippen LogP contribution in [-0.4, -0.2) is 33.3 Å². The molecular weight excluding hydrogens is 244 g/mol. The fourth-order valence-electron chi connectivity index (χ4n) is 1.25. The number of carbonyl (C=O) groups is 1. The minimum atomic E-state index is -0.826. The summed E-state index contributed by atoms with van der Waals surface area (Å²) in [6.45, 7) is 2.01. The highest BCUT2D eigenvalue weighted by Crippen LogP contribution is 2.26. The van der Waals surface area contributed by atoms with Crippen LogP contribution in [0.4, 0.5) is 0 Å². The van der Waals surface area contributed by atoms with Gasteiger partial charge in [0.15, 0.2) is 6.10 Å². The zero-order chi connectivity index (χ0) is 12.8. The van der Waals surface area contributed by atoms with Crippen molar-refractivity contribution in [3.63, 3.8) is 0 Å². The van der Waals surface area contributed by atoms with Gasteiger partial charge in [-0.05, 0) is 12.5 Å². The van der Waals surface area contributed by atoms with Crippen molar-refractivity contribution in [3.8, 4) is 0 Å². The Hall–Kier alpha value is -1.47. The molecule has 94 valence electrons. The number of hydrogen-bond acceptors (Lipinski definition) is 4.